The minimum atomic E-state index is 0.0928. The fraction of sp³-hybridized carbons (Fsp3) is 0.533. The zero-order chi connectivity index (χ0) is 14.9. The highest BCUT2D eigenvalue weighted by atomic mass is 35.5. The van der Waals surface area contributed by atoms with Crippen molar-refractivity contribution < 1.29 is 4.79 Å². The Bertz CT molecular complexity index is 435. The molecule has 2 rings (SSSR count). The topological polar surface area (TPSA) is 44.4 Å². The van der Waals surface area contributed by atoms with E-state index in [-0.39, 0.29) is 5.91 Å². The summed E-state index contributed by atoms with van der Waals surface area (Å²) in [5.74, 6) is 0.546. The van der Waals surface area contributed by atoms with Crippen molar-refractivity contribution in [3.63, 3.8) is 0 Å². The number of nitrogens with one attached hydrogen (secondary N) is 2. The van der Waals surface area contributed by atoms with Gasteiger partial charge in [-0.3, -0.25) is 4.79 Å². The largest absolute Gasteiger partial charge is 0.355 e. The van der Waals surface area contributed by atoms with E-state index in [1.165, 1.54) is 11.8 Å². The van der Waals surface area contributed by atoms with Crippen LogP contribution in [-0.2, 0) is 4.79 Å². The lowest BCUT2D eigenvalue weighted by Crippen LogP contribution is -2.44. The monoisotopic (exact) mass is 327 g/mol. The zero-order valence-electron chi connectivity index (χ0n) is 12.1. The maximum atomic E-state index is 11.8. The van der Waals surface area contributed by atoms with Gasteiger partial charge in [-0.25, -0.2) is 0 Å². The summed E-state index contributed by atoms with van der Waals surface area (Å²) >= 11 is 7.36. The predicted molar refractivity (Wildman–Crippen MR) is 89.1 cm³/mol. The van der Waals surface area contributed by atoms with Gasteiger partial charge in [0.05, 0.1) is 5.75 Å². The highest BCUT2D eigenvalue weighted by Crippen LogP contribution is 2.19. The van der Waals surface area contributed by atoms with Crippen LogP contribution in [0.4, 0.5) is 0 Å². The van der Waals surface area contributed by atoms with Crippen LogP contribution in [-0.4, -0.2) is 55.8 Å². The summed E-state index contributed by atoms with van der Waals surface area (Å²) in [6, 6.07) is 7.56. The van der Waals surface area contributed by atoms with Gasteiger partial charge in [0.15, 0.2) is 0 Å². The number of benzene rings is 1. The summed E-state index contributed by atoms with van der Waals surface area (Å²) in [5.41, 5.74) is 0. The molecule has 1 amide bonds. The summed E-state index contributed by atoms with van der Waals surface area (Å²) in [5, 5.41) is 7.03. The van der Waals surface area contributed by atoms with Gasteiger partial charge in [-0.1, -0.05) is 11.6 Å². The van der Waals surface area contributed by atoms with Gasteiger partial charge in [0.25, 0.3) is 0 Å². The Morgan fingerprint density at radius 2 is 2.00 bits per heavy atom. The van der Waals surface area contributed by atoms with Crippen molar-refractivity contribution >= 4 is 29.3 Å². The molecule has 1 aliphatic rings. The Balaban J connectivity index is 1.54. The molecule has 0 bridgehead atoms. The smallest absolute Gasteiger partial charge is 0.230 e. The lowest BCUT2D eigenvalue weighted by Gasteiger charge is -2.27. The summed E-state index contributed by atoms with van der Waals surface area (Å²) < 4.78 is 0. The fourth-order valence-corrected chi connectivity index (χ4v) is 3.05. The summed E-state index contributed by atoms with van der Waals surface area (Å²) in [6.07, 6.45) is 1.01. The molecular formula is C15H22ClN3OS. The molecule has 1 aromatic rings. The first-order valence-electron chi connectivity index (χ1n) is 7.32. The molecule has 2 N–H and O–H groups in total. The maximum absolute atomic E-state index is 11.8. The quantitative estimate of drug-likeness (QED) is 0.592. The van der Waals surface area contributed by atoms with E-state index in [1.807, 2.05) is 24.3 Å². The molecular weight excluding hydrogens is 306 g/mol. The third-order valence-corrected chi connectivity index (χ3v) is 4.63. The van der Waals surface area contributed by atoms with Crippen LogP contribution >= 0.6 is 23.4 Å². The number of hydrogen-bond acceptors (Lipinski definition) is 4. The van der Waals surface area contributed by atoms with Crippen molar-refractivity contribution in [2.45, 2.75) is 11.3 Å². The summed E-state index contributed by atoms with van der Waals surface area (Å²) in [6.45, 7) is 6.19. The van der Waals surface area contributed by atoms with Crippen molar-refractivity contribution in [2.24, 2.45) is 0 Å². The Hall–Kier alpha value is -0.750. The number of thioether (sulfide) groups is 1. The minimum Gasteiger partial charge on any atom is -0.355 e. The molecule has 0 aliphatic carbocycles. The molecule has 6 heteroatoms. The molecule has 0 unspecified atom stereocenters. The Labute approximate surface area is 135 Å². The van der Waals surface area contributed by atoms with E-state index in [1.54, 1.807) is 0 Å². The highest BCUT2D eigenvalue weighted by Gasteiger charge is 2.08. The van der Waals surface area contributed by atoms with E-state index >= 15 is 0 Å². The third-order valence-electron chi connectivity index (χ3n) is 3.37. The van der Waals surface area contributed by atoms with Gasteiger partial charge in [0.2, 0.25) is 5.91 Å². The highest BCUT2D eigenvalue weighted by molar-refractivity contribution is 8.00. The Kier molecular flexibility index (Phi) is 7.36. The lowest BCUT2D eigenvalue weighted by atomic mass is 10.3. The van der Waals surface area contributed by atoms with Crippen LogP contribution in [0, 0.1) is 0 Å². The average molecular weight is 328 g/mol. The number of nitrogens with zero attached hydrogens (tertiary/aromatic N) is 1. The zero-order valence-corrected chi connectivity index (χ0v) is 13.7. The molecule has 1 fully saturated rings. The molecule has 0 aromatic heterocycles. The molecule has 0 saturated carbocycles. The van der Waals surface area contributed by atoms with Gasteiger partial charge >= 0.3 is 0 Å². The average Bonchev–Trinajstić information content (AvgIpc) is 2.52. The fourth-order valence-electron chi connectivity index (χ4n) is 2.20. The van der Waals surface area contributed by atoms with E-state index in [2.05, 4.69) is 15.5 Å². The van der Waals surface area contributed by atoms with Crippen LogP contribution in [0.15, 0.2) is 29.2 Å². The van der Waals surface area contributed by atoms with Crippen molar-refractivity contribution in [3.05, 3.63) is 29.3 Å². The van der Waals surface area contributed by atoms with Gasteiger partial charge in [-0.05, 0) is 37.2 Å². The second-order valence-corrected chi connectivity index (χ2v) is 6.52. The van der Waals surface area contributed by atoms with Crippen LogP contribution in [0.2, 0.25) is 5.02 Å². The van der Waals surface area contributed by atoms with Crippen LogP contribution in [0.5, 0.6) is 0 Å². The molecule has 21 heavy (non-hydrogen) atoms. The number of halogens is 1. The molecule has 1 heterocycles. The van der Waals surface area contributed by atoms with E-state index in [4.69, 9.17) is 11.6 Å². The normalized spacial score (nSPS) is 15.9. The molecule has 1 aliphatic heterocycles. The predicted octanol–water partition coefficient (Wildman–Crippen LogP) is 1.84. The molecule has 0 radical (unpaired) electrons. The van der Waals surface area contributed by atoms with Gasteiger partial charge in [-0.15, -0.1) is 11.8 Å². The number of amides is 1. The van der Waals surface area contributed by atoms with Crippen LogP contribution in [0.1, 0.15) is 6.42 Å². The van der Waals surface area contributed by atoms with E-state index in [0.29, 0.717) is 5.75 Å². The first-order chi connectivity index (χ1) is 10.2. The molecule has 1 saturated heterocycles. The summed E-state index contributed by atoms with van der Waals surface area (Å²) in [7, 11) is 0. The molecule has 1 aromatic carbocycles. The van der Waals surface area contributed by atoms with Crippen LogP contribution in [0.25, 0.3) is 0 Å². The van der Waals surface area contributed by atoms with Crippen molar-refractivity contribution in [2.75, 3.05) is 45.0 Å². The number of piperazine rings is 1. The number of carbonyl (C=O) groups is 1. The van der Waals surface area contributed by atoms with Gasteiger partial charge in [0, 0.05) is 42.6 Å². The van der Waals surface area contributed by atoms with E-state index < -0.39 is 0 Å². The third kappa shape index (κ3) is 6.70. The first kappa shape index (κ1) is 16.6. The van der Waals surface area contributed by atoms with Crippen molar-refractivity contribution in [1.29, 1.82) is 0 Å². The Morgan fingerprint density at radius 3 is 2.71 bits per heavy atom. The standard InChI is InChI=1S/C15H22ClN3OS/c16-13-2-4-14(5-3-13)21-12-15(20)18-6-1-9-19-10-7-17-8-11-19/h2-5,17H,1,6-12H2,(H,18,20). The number of rotatable bonds is 7. The number of carbonyl (C=O) groups excluding carboxylic acids is 1. The van der Waals surface area contributed by atoms with Crippen LogP contribution < -0.4 is 10.6 Å². The van der Waals surface area contributed by atoms with Crippen LogP contribution in [0.3, 0.4) is 0 Å². The van der Waals surface area contributed by atoms with Gasteiger partial charge in [0.1, 0.15) is 0 Å². The van der Waals surface area contributed by atoms with Crippen molar-refractivity contribution in [1.82, 2.24) is 15.5 Å². The van der Waals surface area contributed by atoms with E-state index in [0.717, 1.165) is 55.6 Å². The second kappa shape index (κ2) is 9.30. The van der Waals surface area contributed by atoms with Crippen molar-refractivity contribution in [3.8, 4) is 0 Å². The summed E-state index contributed by atoms with van der Waals surface area (Å²) in [4.78, 5) is 15.3. The maximum Gasteiger partial charge on any atom is 0.230 e. The lowest BCUT2D eigenvalue weighted by molar-refractivity contribution is -0.118. The Morgan fingerprint density at radius 1 is 1.29 bits per heavy atom. The molecule has 0 spiro atoms. The SMILES string of the molecule is O=C(CSc1ccc(Cl)cc1)NCCCN1CCNCC1. The number of hydrogen-bond donors (Lipinski definition) is 2. The molecule has 4 nitrogen and oxygen atoms in total. The first-order valence-corrected chi connectivity index (χ1v) is 8.68. The minimum absolute atomic E-state index is 0.0928. The molecule has 0 atom stereocenters. The van der Waals surface area contributed by atoms with Gasteiger partial charge < -0.3 is 15.5 Å². The molecule has 116 valence electrons. The second-order valence-electron chi connectivity index (χ2n) is 5.04. The van der Waals surface area contributed by atoms with Gasteiger partial charge in [-0.2, -0.15) is 0 Å². The van der Waals surface area contributed by atoms with E-state index in [9.17, 15) is 4.79 Å².